The summed E-state index contributed by atoms with van der Waals surface area (Å²) in [5.41, 5.74) is 4.85. The number of hydrogen-bond donors (Lipinski definition) is 2. The molecular formula is C25H23N3O4S. The SMILES string of the molecule is O=C1CCc2cc(S(=O)(=O)NCc3ccc4c(c3)CCN4C(=O)c3ccccc3)ccc2N1. The fourth-order valence-corrected chi connectivity index (χ4v) is 5.37. The summed E-state index contributed by atoms with van der Waals surface area (Å²) >= 11 is 0. The molecule has 0 atom stereocenters. The second-order valence-electron chi connectivity index (χ2n) is 8.23. The third-order valence-electron chi connectivity index (χ3n) is 6.05. The minimum atomic E-state index is -3.71. The Kier molecular flexibility index (Phi) is 5.47. The number of aryl methyl sites for hydroxylation is 1. The van der Waals surface area contributed by atoms with Crippen LogP contribution in [0.1, 0.15) is 33.5 Å². The van der Waals surface area contributed by atoms with Crippen LogP contribution in [0.25, 0.3) is 0 Å². The molecule has 0 unspecified atom stereocenters. The van der Waals surface area contributed by atoms with E-state index in [-0.39, 0.29) is 23.3 Å². The van der Waals surface area contributed by atoms with Crippen molar-refractivity contribution >= 4 is 33.2 Å². The maximum Gasteiger partial charge on any atom is 0.258 e. The van der Waals surface area contributed by atoms with Crippen molar-refractivity contribution < 1.29 is 18.0 Å². The third-order valence-corrected chi connectivity index (χ3v) is 7.45. The predicted molar refractivity (Wildman–Crippen MR) is 126 cm³/mol. The molecule has 5 rings (SSSR count). The van der Waals surface area contributed by atoms with Gasteiger partial charge in [0.05, 0.1) is 4.90 Å². The largest absolute Gasteiger partial charge is 0.326 e. The van der Waals surface area contributed by atoms with Crippen LogP contribution in [0.3, 0.4) is 0 Å². The van der Waals surface area contributed by atoms with Crippen molar-refractivity contribution in [3.63, 3.8) is 0 Å². The molecule has 0 saturated carbocycles. The molecule has 2 aliphatic heterocycles. The van der Waals surface area contributed by atoms with Crippen LogP contribution in [-0.4, -0.2) is 26.8 Å². The summed E-state index contributed by atoms with van der Waals surface area (Å²) in [4.78, 5) is 26.3. The number of amides is 2. The summed E-state index contributed by atoms with van der Waals surface area (Å²) in [5, 5.41) is 2.76. The third kappa shape index (κ3) is 4.27. The molecule has 0 fully saturated rings. The van der Waals surface area contributed by atoms with Crippen molar-refractivity contribution in [1.82, 2.24) is 4.72 Å². The second-order valence-corrected chi connectivity index (χ2v) is 9.99. The van der Waals surface area contributed by atoms with Gasteiger partial charge in [0.1, 0.15) is 0 Å². The molecule has 0 saturated heterocycles. The van der Waals surface area contributed by atoms with Gasteiger partial charge in [-0.2, -0.15) is 0 Å². The van der Waals surface area contributed by atoms with Gasteiger partial charge in [0, 0.05) is 36.4 Å². The van der Waals surface area contributed by atoms with Gasteiger partial charge in [0.15, 0.2) is 0 Å². The minimum Gasteiger partial charge on any atom is -0.326 e. The number of carbonyl (C=O) groups is 2. The minimum absolute atomic E-state index is 0.0357. The standard InChI is InChI=1S/C25H23N3O4S/c29-24-11-7-19-15-21(8-9-22(19)27-24)33(31,32)26-16-17-6-10-23-20(14-17)12-13-28(23)25(30)18-4-2-1-3-5-18/h1-6,8-10,14-15,26H,7,11-13,16H2,(H,27,29). The molecule has 2 heterocycles. The van der Waals surface area contributed by atoms with Gasteiger partial charge in [0.25, 0.3) is 5.91 Å². The van der Waals surface area contributed by atoms with Gasteiger partial charge in [-0.3, -0.25) is 9.59 Å². The quantitative estimate of drug-likeness (QED) is 0.610. The monoisotopic (exact) mass is 461 g/mol. The molecular weight excluding hydrogens is 438 g/mol. The Morgan fingerprint density at radius 3 is 2.58 bits per heavy atom. The molecule has 3 aromatic rings. The number of hydrogen-bond acceptors (Lipinski definition) is 4. The fourth-order valence-electron chi connectivity index (χ4n) is 4.30. The maximum absolute atomic E-state index is 12.8. The molecule has 168 valence electrons. The number of rotatable bonds is 5. The Hall–Kier alpha value is -3.49. The van der Waals surface area contributed by atoms with Crippen LogP contribution in [0.2, 0.25) is 0 Å². The van der Waals surface area contributed by atoms with Crippen LogP contribution in [-0.2, 0) is 34.2 Å². The van der Waals surface area contributed by atoms with Gasteiger partial charge in [-0.05, 0) is 65.9 Å². The summed E-state index contributed by atoms with van der Waals surface area (Å²) in [5.74, 6) is -0.0942. The van der Waals surface area contributed by atoms with Crippen LogP contribution >= 0.6 is 0 Å². The van der Waals surface area contributed by atoms with Crippen molar-refractivity contribution in [3.05, 3.63) is 89.0 Å². The zero-order chi connectivity index (χ0) is 23.0. The predicted octanol–water partition coefficient (Wildman–Crippen LogP) is 3.25. The van der Waals surface area contributed by atoms with Gasteiger partial charge < -0.3 is 10.2 Å². The number of sulfonamides is 1. The molecule has 8 heteroatoms. The lowest BCUT2D eigenvalue weighted by Crippen LogP contribution is -2.28. The highest BCUT2D eigenvalue weighted by atomic mass is 32.2. The number of benzene rings is 3. The van der Waals surface area contributed by atoms with Gasteiger partial charge in [-0.25, -0.2) is 13.1 Å². The first-order valence-electron chi connectivity index (χ1n) is 10.8. The van der Waals surface area contributed by atoms with Gasteiger partial charge in [0.2, 0.25) is 15.9 Å². The first-order chi connectivity index (χ1) is 15.9. The van der Waals surface area contributed by atoms with E-state index in [0.717, 1.165) is 28.8 Å². The number of carbonyl (C=O) groups excluding carboxylic acids is 2. The van der Waals surface area contributed by atoms with E-state index in [1.807, 2.05) is 36.4 Å². The topological polar surface area (TPSA) is 95.6 Å². The second kappa shape index (κ2) is 8.46. The Balaban J connectivity index is 1.29. The molecule has 7 nitrogen and oxygen atoms in total. The summed E-state index contributed by atoms with van der Waals surface area (Å²) in [6.07, 6.45) is 1.60. The zero-order valence-corrected chi connectivity index (χ0v) is 18.7. The maximum atomic E-state index is 12.8. The number of nitrogens with zero attached hydrogens (tertiary/aromatic N) is 1. The van der Waals surface area contributed by atoms with Gasteiger partial charge in [-0.15, -0.1) is 0 Å². The average Bonchev–Trinajstić information content (AvgIpc) is 3.26. The Bertz CT molecular complexity index is 1350. The van der Waals surface area contributed by atoms with Gasteiger partial charge >= 0.3 is 0 Å². The van der Waals surface area contributed by atoms with Crippen LogP contribution in [0.4, 0.5) is 11.4 Å². The molecule has 0 bridgehead atoms. The highest BCUT2D eigenvalue weighted by molar-refractivity contribution is 7.89. The fraction of sp³-hybridized carbons (Fsp3) is 0.200. The molecule has 0 aliphatic carbocycles. The lowest BCUT2D eigenvalue weighted by molar-refractivity contribution is -0.116. The van der Waals surface area contributed by atoms with Gasteiger partial charge in [-0.1, -0.05) is 30.3 Å². The van der Waals surface area contributed by atoms with Crippen LogP contribution in [0.15, 0.2) is 71.6 Å². The molecule has 2 N–H and O–H groups in total. The van der Waals surface area contributed by atoms with E-state index < -0.39 is 10.0 Å². The van der Waals surface area contributed by atoms with Crippen molar-refractivity contribution in [2.24, 2.45) is 0 Å². The summed E-state index contributed by atoms with van der Waals surface area (Å²) < 4.78 is 28.3. The first kappa shape index (κ1) is 21.4. The number of anilines is 2. The molecule has 2 aliphatic rings. The Morgan fingerprint density at radius 2 is 1.76 bits per heavy atom. The van der Waals surface area contributed by atoms with Crippen molar-refractivity contribution in [3.8, 4) is 0 Å². The smallest absolute Gasteiger partial charge is 0.258 e. The van der Waals surface area contributed by atoms with E-state index in [1.165, 1.54) is 6.07 Å². The number of fused-ring (bicyclic) bond motifs is 2. The highest BCUT2D eigenvalue weighted by Crippen LogP contribution is 2.30. The highest BCUT2D eigenvalue weighted by Gasteiger charge is 2.26. The zero-order valence-electron chi connectivity index (χ0n) is 17.9. The normalized spacial score (nSPS) is 15.0. The van der Waals surface area contributed by atoms with E-state index in [9.17, 15) is 18.0 Å². The van der Waals surface area contributed by atoms with E-state index in [0.29, 0.717) is 30.6 Å². The average molecular weight is 462 g/mol. The van der Waals surface area contributed by atoms with E-state index in [4.69, 9.17) is 0 Å². The van der Waals surface area contributed by atoms with Crippen molar-refractivity contribution in [2.45, 2.75) is 30.7 Å². The van der Waals surface area contributed by atoms with E-state index in [2.05, 4.69) is 10.0 Å². The summed E-state index contributed by atoms with van der Waals surface area (Å²) in [6.45, 7) is 0.750. The first-order valence-corrected chi connectivity index (χ1v) is 12.3. The summed E-state index contributed by atoms with van der Waals surface area (Å²) in [7, 11) is -3.71. The number of nitrogens with one attached hydrogen (secondary N) is 2. The molecule has 0 spiro atoms. The van der Waals surface area contributed by atoms with Crippen molar-refractivity contribution in [1.29, 1.82) is 0 Å². The lowest BCUT2D eigenvalue weighted by Gasteiger charge is -2.18. The lowest BCUT2D eigenvalue weighted by atomic mass is 10.0. The molecule has 0 radical (unpaired) electrons. The Morgan fingerprint density at radius 1 is 0.939 bits per heavy atom. The molecule has 2 amide bonds. The van der Waals surface area contributed by atoms with E-state index >= 15 is 0 Å². The van der Waals surface area contributed by atoms with Crippen LogP contribution in [0.5, 0.6) is 0 Å². The van der Waals surface area contributed by atoms with E-state index in [1.54, 1.807) is 29.2 Å². The van der Waals surface area contributed by atoms with Crippen LogP contribution < -0.4 is 14.9 Å². The summed E-state index contributed by atoms with van der Waals surface area (Å²) in [6, 6.07) is 19.6. The molecule has 33 heavy (non-hydrogen) atoms. The van der Waals surface area contributed by atoms with Crippen LogP contribution in [0, 0.1) is 0 Å². The Labute approximate surface area is 192 Å². The molecule has 0 aromatic heterocycles. The molecule has 3 aromatic carbocycles. The van der Waals surface area contributed by atoms with Crippen molar-refractivity contribution in [2.75, 3.05) is 16.8 Å².